The molecule has 0 unspecified atom stereocenters. The molecule has 6 nitrogen and oxygen atoms in total. The highest BCUT2D eigenvalue weighted by molar-refractivity contribution is 5.85. The zero-order chi connectivity index (χ0) is 13.3. The van der Waals surface area contributed by atoms with E-state index in [1.165, 1.54) is 6.07 Å². The molecular weight excluding hydrogens is 270 g/mol. The predicted molar refractivity (Wildman–Crippen MR) is 71.0 cm³/mol. The van der Waals surface area contributed by atoms with Gasteiger partial charge in [-0.3, -0.25) is 10.1 Å². The summed E-state index contributed by atoms with van der Waals surface area (Å²) in [7, 11) is 0. The van der Waals surface area contributed by atoms with E-state index < -0.39 is 22.4 Å². The lowest BCUT2D eigenvalue weighted by atomic mass is 9.77. The Kier molecular flexibility index (Phi) is 4.70. The molecular formula is C12H14ClN3O3. The third-order valence-corrected chi connectivity index (χ3v) is 3.46. The lowest BCUT2D eigenvalue weighted by Crippen LogP contribution is -2.27. The summed E-state index contributed by atoms with van der Waals surface area (Å²) < 4.78 is 0. The van der Waals surface area contributed by atoms with Crippen LogP contribution >= 0.6 is 12.4 Å². The highest BCUT2D eigenvalue weighted by atomic mass is 35.5. The molecule has 7 heteroatoms. The number of nitro benzene ring substituents is 1. The Labute approximate surface area is 116 Å². The van der Waals surface area contributed by atoms with E-state index in [1.807, 2.05) is 6.07 Å². The lowest BCUT2D eigenvalue weighted by molar-refractivity contribution is -0.386. The molecule has 0 spiro atoms. The van der Waals surface area contributed by atoms with Gasteiger partial charge in [0.1, 0.15) is 0 Å². The smallest absolute Gasteiger partial charge is 0.312 e. The standard InChI is InChI=1S/C12H13N3O3.ClH/c13-6-7-4-9(11(14)8-2-1-3-8)12(16)10(5-7)15(17)18;/h4-5,8,11,16H,1-3,14H2;1H/t11-;/m0./s1. The number of phenolic OH excluding ortho intramolecular Hbond substituents is 1. The van der Waals surface area contributed by atoms with Crippen molar-refractivity contribution in [2.75, 3.05) is 0 Å². The van der Waals surface area contributed by atoms with Crippen LogP contribution in [0.1, 0.15) is 36.4 Å². The molecule has 1 aromatic carbocycles. The van der Waals surface area contributed by atoms with Crippen LogP contribution < -0.4 is 5.73 Å². The van der Waals surface area contributed by atoms with E-state index in [4.69, 9.17) is 11.0 Å². The number of benzene rings is 1. The summed E-state index contributed by atoms with van der Waals surface area (Å²) in [6.07, 6.45) is 2.98. The number of halogens is 1. The van der Waals surface area contributed by atoms with Crippen LogP contribution in [0.3, 0.4) is 0 Å². The van der Waals surface area contributed by atoms with Crippen molar-refractivity contribution in [1.29, 1.82) is 5.26 Å². The van der Waals surface area contributed by atoms with Crippen LogP contribution in [0.4, 0.5) is 5.69 Å². The van der Waals surface area contributed by atoms with Crippen LogP contribution in [-0.4, -0.2) is 10.0 Å². The second kappa shape index (κ2) is 5.87. The second-order valence-electron chi connectivity index (χ2n) is 4.52. The first-order valence-corrected chi connectivity index (χ1v) is 5.71. The number of rotatable bonds is 3. The molecule has 1 aliphatic rings. The maximum atomic E-state index is 10.8. The zero-order valence-corrected chi connectivity index (χ0v) is 10.9. The Bertz CT molecular complexity index is 538. The van der Waals surface area contributed by atoms with Crippen LogP contribution in [-0.2, 0) is 0 Å². The number of nitrogens with zero attached hydrogens (tertiary/aromatic N) is 2. The summed E-state index contributed by atoms with van der Waals surface area (Å²) >= 11 is 0. The fraction of sp³-hybridized carbons (Fsp3) is 0.417. The third kappa shape index (κ3) is 2.78. The number of phenols is 1. The molecule has 0 radical (unpaired) electrons. The Morgan fingerprint density at radius 3 is 2.58 bits per heavy atom. The van der Waals surface area contributed by atoms with Gasteiger partial charge in [-0.2, -0.15) is 5.26 Å². The van der Waals surface area contributed by atoms with Gasteiger partial charge in [0.05, 0.1) is 16.6 Å². The van der Waals surface area contributed by atoms with Crippen molar-refractivity contribution >= 4 is 18.1 Å². The molecule has 1 fully saturated rings. The summed E-state index contributed by atoms with van der Waals surface area (Å²) in [5.74, 6) is -0.192. The normalized spacial score (nSPS) is 15.8. The van der Waals surface area contributed by atoms with Crippen molar-refractivity contribution in [3.05, 3.63) is 33.4 Å². The minimum absolute atomic E-state index is 0. The molecule has 2 rings (SSSR count). The summed E-state index contributed by atoms with van der Waals surface area (Å²) in [6, 6.07) is 3.89. The van der Waals surface area contributed by atoms with Gasteiger partial charge >= 0.3 is 5.69 Å². The van der Waals surface area contributed by atoms with Gasteiger partial charge in [0.2, 0.25) is 0 Å². The average molecular weight is 284 g/mol. The molecule has 0 bridgehead atoms. The molecule has 3 N–H and O–H groups in total. The predicted octanol–water partition coefficient (Wildman–Crippen LogP) is 2.39. The van der Waals surface area contributed by atoms with Gasteiger partial charge in [0.15, 0.2) is 5.75 Å². The number of nitro groups is 1. The first-order valence-electron chi connectivity index (χ1n) is 5.71. The van der Waals surface area contributed by atoms with E-state index >= 15 is 0 Å². The van der Waals surface area contributed by atoms with E-state index in [1.54, 1.807) is 0 Å². The van der Waals surface area contributed by atoms with E-state index in [2.05, 4.69) is 0 Å². The van der Waals surface area contributed by atoms with Crippen molar-refractivity contribution in [2.45, 2.75) is 25.3 Å². The van der Waals surface area contributed by atoms with Gasteiger partial charge in [-0.1, -0.05) is 6.42 Å². The number of hydrogen-bond acceptors (Lipinski definition) is 5. The fourth-order valence-corrected chi connectivity index (χ4v) is 2.15. The van der Waals surface area contributed by atoms with Crippen LogP contribution in [0, 0.1) is 27.4 Å². The molecule has 1 aliphatic carbocycles. The minimum atomic E-state index is -0.701. The summed E-state index contributed by atoms with van der Waals surface area (Å²) in [4.78, 5) is 10.1. The number of hydrogen-bond donors (Lipinski definition) is 2. The van der Waals surface area contributed by atoms with Crippen molar-refractivity contribution < 1.29 is 10.0 Å². The molecule has 0 aliphatic heterocycles. The lowest BCUT2D eigenvalue weighted by Gasteiger charge is -2.31. The number of aromatic hydroxyl groups is 1. The fourth-order valence-electron chi connectivity index (χ4n) is 2.15. The molecule has 0 heterocycles. The monoisotopic (exact) mass is 283 g/mol. The molecule has 1 atom stereocenters. The maximum Gasteiger partial charge on any atom is 0.312 e. The quantitative estimate of drug-likeness (QED) is 0.653. The largest absolute Gasteiger partial charge is 0.502 e. The van der Waals surface area contributed by atoms with Crippen molar-refractivity contribution in [2.24, 2.45) is 11.7 Å². The molecule has 0 amide bonds. The second-order valence-corrected chi connectivity index (χ2v) is 4.52. The molecule has 1 saturated carbocycles. The molecule has 0 saturated heterocycles. The maximum absolute atomic E-state index is 10.8. The van der Waals surface area contributed by atoms with Crippen molar-refractivity contribution in [1.82, 2.24) is 0 Å². The molecule has 102 valence electrons. The molecule has 0 aromatic heterocycles. The Morgan fingerprint density at radius 2 is 2.16 bits per heavy atom. The molecule has 19 heavy (non-hydrogen) atoms. The van der Waals surface area contributed by atoms with Gasteiger partial charge in [-0.25, -0.2) is 0 Å². The minimum Gasteiger partial charge on any atom is -0.502 e. The van der Waals surface area contributed by atoms with Gasteiger partial charge in [0, 0.05) is 17.7 Å². The number of nitriles is 1. The van der Waals surface area contributed by atoms with Crippen LogP contribution in [0.25, 0.3) is 0 Å². The Hall–Kier alpha value is -1.84. The third-order valence-electron chi connectivity index (χ3n) is 3.46. The number of nitrogens with two attached hydrogens (primary N) is 1. The Balaban J connectivity index is 0.00000180. The Morgan fingerprint density at radius 1 is 1.53 bits per heavy atom. The zero-order valence-electron chi connectivity index (χ0n) is 10.1. The molecule has 1 aromatic rings. The van der Waals surface area contributed by atoms with Gasteiger partial charge in [0.25, 0.3) is 0 Å². The van der Waals surface area contributed by atoms with Crippen molar-refractivity contribution in [3.63, 3.8) is 0 Å². The SMILES string of the molecule is Cl.N#Cc1cc([C@@H](N)C2CCC2)c(O)c([N+](=O)[O-])c1. The highest BCUT2D eigenvalue weighted by Crippen LogP contribution is 2.42. The van der Waals surface area contributed by atoms with Crippen LogP contribution in [0.15, 0.2) is 12.1 Å². The van der Waals surface area contributed by atoms with E-state index in [-0.39, 0.29) is 23.9 Å². The van der Waals surface area contributed by atoms with Crippen LogP contribution in [0.5, 0.6) is 5.75 Å². The van der Waals surface area contributed by atoms with E-state index in [0.29, 0.717) is 5.56 Å². The summed E-state index contributed by atoms with van der Waals surface area (Å²) in [5.41, 5.74) is 5.98. The van der Waals surface area contributed by atoms with E-state index in [9.17, 15) is 15.2 Å². The highest BCUT2D eigenvalue weighted by Gasteiger charge is 2.30. The van der Waals surface area contributed by atoms with Crippen molar-refractivity contribution in [3.8, 4) is 11.8 Å². The van der Waals surface area contributed by atoms with E-state index in [0.717, 1.165) is 25.3 Å². The van der Waals surface area contributed by atoms with Gasteiger partial charge in [-0.05, 0) is 24.8 Å². The summed E-state index contributed by atoms with van der Waals surface area (Å²) in [5, 5.41) is 29.6. The average Bonchev–Trinajstić information content (AvgIpc) is 2.26. The first kappa shape index (κ1) is 15.2. The van der Waals surface area contributed by atoms with Crippen LogP contribution in [0.2, 0.25) is 0 Å². The topological polar surface area (TPSA) is 113 Å². The summed E-state index contributed by atoms with van der Waals surface area (Å²) in [6.45, 7) is 0. The van der Waals surface area contributed by atoms with Gasteiger partial charge in [-0.15, -0.1) is 12.4 Å². The van der Waals surface area contributed by atoms with Gasteiger partial charge < -0.3 is 10.8 Å². The first-order chi connectivity index (χ1) is 8.54.